The highest BCUT2D eigenvalue weighted by molar-refractivity contribution is 5.55. The van der Waals surface area contributed by atoms with Crippen LogP contribution in [0.5, 0.6) is 5.75 Å². The van der Waals surface area contributed by atoms with Gasteiger partial charge in [-0.3, -0.25) is 0 Å². The monoisotopic (exact) mass is 509 g/mol. The van der Waals surface area contributed by atoms with E-state index >= 15 is 0 Å². The molecule has 0 radical (unpaired) electrons. The molecule has 1 aromatic heterocycles. The van der Waals surface area contributed by atoms with Crippen LogP contribution in [0.3, 0.4) is 0 Å². The molecule has 38 heavy (non-hydrogen) atoms. The van der Waals surface area contributed by atoms with E-state index in [1.165, 1.54) is 24.0 Å². The molecule has 0 bridgehead atoms. The molecule has 1 saturated heterocycles. The predicted molar refractivity (Wildman–Crippen MR) is 152 cm³/mol. The summed E-state index contributed by atoms with van der Waals surface area (Å²) in [4.78, 5) is 7.32. The zero-order chi connectivity index (χ0) is 26.0. The molecule has 4 aromatic rings. The van der Waals surface area contributed by atoms with Gasteiger partial charge < -0.3 is 14.2 Å². The Hall–Kier alpha value is -3.44. The van der Waals surface area contributed by atoms with Crippen molar-refractivity contribution in [1.29, 1.82) is 0 Å². The molecule has 1 aliphatic rings. The maximum absolute atomic E-state index is 5.76. The first-order valence-corrected chi connectivity index (χ1v) is 14.2. The minimum Gasteiger partial charge on any atom is -0.494 e. The van der Waals surface area contributed by atoms with Gasteiger partial charge in [0, 0.05) is 17.9 Å². The van der Waals surface area contributed by atoms with E-state index in [0.717, 1.165) is 69.1 Å². The van der Waals surface area contributed by atoms with Crippen LogP contribution in [0.2, 0.25) is 0 Å². The van der Waals surface area contributed by atoms with Gasteiger partial charge in [-0.1, -0.05) is 79.2 Å². The van der Waals surface area contributed by atoms with E-state index in [1.807, 2.05) is 24.3 Å². The fourth-order valence-electron chi connectivity index (χ4n) is 5.36. The van der Waals surface area contributed by atoms with E-state index in [2.05, 4.69) is 77.6 Å². The first-order chi connectivity index (χ1) is 18.8. The van der Waals surface area contributed by atoms with Crippen LogP contribution >= 0.6 is 0 Å². The lowest BCUT2D eigenvalue weighted by Crippen LogP contribution is -2.35. The highest BCUT2D eigenvalue weighted by atomic mass is 16.5. The fraction of sp³-hybridized carbons (Fsp3) is 0.394. The highest BCUT2D eigenvalue weighted by Gasteiger charge is 2.23. The van der Waals surface area contributed by atoms with E-state index in [4.69, 9.17) is 14.2 Å². The second kappa shape index (κ2) is 13.4. The molecule has 0 atom stereocenters. The lowest BCUT2D eigenvalue weighted by atomic mass is 9.87. The Balaban J connectivity index is 1.10. The van der Waals surface area contributed by atoms with Gasteiger partial charge in [0.15, 0.2) is 0 Å². The Labute approximate surface area is 226 Å². The van der Waals surface area contributed by atoms with Crippen molar-refractivity contribution in [2.24, 2.45) is 5.92 Å². The van der Waals surface area contributed by atoms with Gasteiger partial charge in [-0.25, -0.2) is 0 Å². The number of rotatable bonds is 12. The molecule has 5 heteroatoms. The van der Waals surface area contributed by atoms with Crippen molar-refractivity contribution in [2.75, 3.05) is 26.2 Å². The van der Waals surface area contributed by atoms with Crippen molar-refractivity contribution in [3.63, 3.8) is 0 Å². The molecule has 2 heterocycles. The Kier molecular flexibility index (Phi) is 9.22. The molecule has 1 aliphatic heterocycles. The molecule has 5 rings (SSSR count). The fourth-order valence-corrected chi connectivity index (χ4v) is 5.36. The van der Waals surface area contributed by atoms with Gasteiger partial charge in [0.2, 0.25) is 11.7 Å². The molecule has 0 saturated carbocycles. The number of aromatic nitrogens is 2. The maximum atomic E-state index is 5.76. The van der Waals surface area contributed by atoms with Crippen molar-refractivity contribution in [2.45, 2.75) is 51.4 Å². The second-order valence-electron chi connectivity index (χ2n) is 10.4. The van der Waals surface area contributed by atoms with E-state index < -0.39 is 0 Å². The molecule has 0 N–H and O–H groups in total. The van der Waals surface area contributed by atoms with E-state index in [9.17, 15) is 0 Å². The zero-order valence-corrected chi connectivity index (χ0v) is 22.5. The van der Waals surface area contributed by atoms with Crippen molar-refractivity contribution in [1.82, 2.24) is 15.0 Å². The SMILES string of the molecule is CCCCOc1ccc(-c2noc(CC3CCN(CCC(c4ccccc4)c4ccccc4)CC3)n2)cc1. The zero-order valence-electron chi connectivity index (χ0n) is 22.5. The highest BCUT2D eigenvalue weighted by Crippen LogP contribution is 2.30. The molecule has 0 spiro atoms. The molecule has 3 aromatic carbocycles. The van der Waals surface area contributed by atoms with Gasteiger partial charge in [-0.2, -0.15) is 4.98 Å². The Morgan fingerprint density at radius 2 is 1.55 bits per heavy atom. The predicted octanol–water partition coefficient (Wildman–Crippen LogP) is 7.39. The average Bonchev–Trinajstić information content (AvgIpc) is 3.44. The standard InChI is InChI=1S/C33H39N3O2/c1-2-3-24-37-30-16-14-29(15-17-30)33-34-32(38-35-33)25-26-18-21-36(22-19-26)23-20-31(27-10-6-4-7-11-27)28-12-8-5-9-13-28/h4-17,26,31H,2-3,18-25H2,1H3. The number of hydrogen-bond donors (Lipinski definition) is 0. The lowest BCUT2D eigenvalue weighted by molar-refractivity contribution is 0.174. The molecular formula is C33H39N3O2. The molecule has 198 valence electrons. The minimum absolute atomic E-state index is 0.434. The lowest BCUT2D eigenvalue weighted by Gasteiger charge is -2.32. The van der Waals surface area contributed by atoms with Crippen molar-refractivity contribution < 1.29 is 9.26 Å². The summed E-state index contributed by atoms with van der Waals surface area (Å²) in [6.45, 7) is 6.28. The number of hydrogen-bond acceptors (Lipinski definition) is 5. The summed E-state index contributed by atoms with van der Waals surface area (Å²) >= 11 is 0. The molecule has 0 amide bonds. The summed E-state index contributed by atoms with van der Waals surface area (Å²) < 4.78 is 11.4. The van der Waals surface area contributed by atoms with Crippen molar-refractivity contribution in [3.8, 4) is 17.1 Å². The number of nitrogens with zero attached hydrogens (tertiary/aromatic N) is 3. The Bertz CT molecular complexity index is 1180. The number of unbranched alkanes of at least 4 members (excludes halogenated alkanes) is 1. The van der Waals surface area contributed by atoms with Crippen molar-refractivity contribution in [3.05, 3.63) is 102 Å². The van der Waals surface area contributed by atoms with Gasteiger partial charge in [-0.05, 0) is 86.6 Å². The second-order valence-corrected chi connectivity index (χ2v) is 10.4. The number of benzene rings is 3. The molecule has 0 unspecified atom stereocenters. The average molecular weight is 510 g/mol. The van der Waals surface area contributed by atoms with Crippen LogP contribution in [0, 0.1) is 5.92 Å². The van der Waals surface area contributed by atoms with Crippen LogP contribution in [-0.2, 0) is 6.42 Å². The minimum atomic E-state index is 0.434. The van der Waals surface area contributed by atoms with Gasteiger partial charge in [0.1, 0.15) is 5.75 Å². The first-order valence-electron chi connectivity index (χ1n) is 14.2. The number of ether oxygens (including phenoxy) is 1. The summed E-state index contributed by atoms with van der Waals surface area (Å²) in [6.07, 6.45) is 6.53. The largest absolute Gasteiger partial charge is 0.494 e. The summed E-state index contributed by atoms with van der Waals surface area (Å²) in [5.74, 6) is 3.31. The van der Waals surface area contributed by atoms with Gasteiger partial charge in [0.05, 0.1) is 6.61 Å². The van der Waals surface area contributed by atoms with Crippen LogP contribution in [0.25, 0.3) is 11.4 Å². The Morgan fingerprint density at radius 1 is 0.895 bits per heavy atom. The van der Waals surface area contributed by atoms with E-state index in [1.54, 1.807) is 0 Å². The maximum Gasteiger partial charge on any atom is 0.227 e. The van der Waals surface area contributed by atoms with Gasteiger partial charge in [-0.15, -0.1) is 0 Å². The molecule has 0 aliphatic carbocycles. The third-order valence-corrected chi connectivity index (χ3v) is 7.66. The van der Waals surface area contributed by atoms with Gasteiger partial charge in [0.25, 0.3) is 0 Å². The third kappa shape index (κ3) is 7.11. The summed E-state index contributed by atoms with van der Waals surface area (Å²) in [7, 11) is 0. The normalized spacial score (nSPS) is 14.7. The van der Waals surface area contributed by atoms with Crippen LogP contribution in [0.15, 0.2) is 89.5 Å². The summed E-state index contributed by atoms with van der Waals surface area (Å²) in [5.41, 5.74) is 3.77. The first kappa shape index (κ1) is 26.2. The van der Waals surface area contributed by atoms with Crippen molar-refractivity contribution >= 4 is 0 Å². The van der Waals surface area contributed by atoms with E-state index in [-0.39, 0.29) is 0 Å². The molecular weight excluding hydrogens is 470 g/mol. The van der Waals surface area contributed by atoms with Crippen LogP contribution in [0.4, 0.5) is 0 Å². The topological polar surface area (TPSA) is 51.4 Å². The molecule has 1 fully saturated rings. The van der Waals surface area contributed by atoms with Crippen LogP contribution < -0.4 is 4.74 Å². The smallest absolute Gasteiger partial charge is 0.227 e. The summed E-state index contributed by atoms with van der Waals surface area (Å²) in [5, 5.41) is 4.24. The van der Waals surface area contributed by atoms with Crippen LogP contribution in [-0.4, -0.2) is 41.3 Å². The molecule has 5 nitrogen and oxygen atoms in total. The quantitative estimate of drug-likeness (QED) is 0.186. The van der Waals surface area contributed by atoms with Gasteiger partial charge >= 0.3 is 0 Å². The van der Waals surface area contributed by atoms with Crippen LogP contribution in [0.1, 0.15) is 62.0 Å². The number of piperidine rings is 1. The Morgan fingerprint density at radius 3 is 2.18 bits per heavy atom. The number of likely N-dealkylation sites (tertiary alicyclic amines) is 1. The third-order valence-electron chi connectivity index (χ3n) is 7.66. The summed E-state index contributed by atoms with van der Waals surface area (Å²) in [6, 6.07) is 29.8. The van der Waals surface area contributed by atoms with E-state index in [0.29, 0.717) is 17.7 Å².